The fraction of sp³-hybridized carbons (Fsp3) is 0.286. The van der Waals surface area contributed by atoms with E-state index in [1.807, 2.05) is 44.2 Å². The Hall–Kier alpha value is -1.48. The molecule has 0 aliphatic rings. The SMILES string of the molecule is C=C(C)C.CCC#Cc1ccccc1. The topological polar surface area (TPSA) is 0 Å². The maximum Gasteiger partial charge on any atom is 0.0245 e. The molecule has 0 aliphatic carbocycles. The van der Waals surface area contributed by atoms with Gasteiger partial charge in [-0.3, -0.25) is 0 Å². The van der Waals surface area contributed by atoms with E-state index in [2.05, 4.69) is 25.3 Å². The highest BCUT2D eigenvalue weighted by molar-refractivity contribution is 5.33. The van der Waals surface area contributed by atoms with E-state index in [1.165, 1.54) is 5.57 Å². The minimum Gasteiger partial charge on any atom is -0.100 e. The van der Waals surface area contributed by atoms with Gasteiger partial charge in [-0.05, 0) is 26.0 Å². The van der Waals surface area contributed by atoms with Gasteiger partial charge in [0.25, 0.3) is 0 Å². The van der Waals surface area contributed by atoms with Crippen molar-refractivity contribution in [2.75, 3.05) is 0 Å². The lowest BCUT2D eigenvalue weighted by Crippen LogP contribution is -1.69. The summed E-state index contributed by atoms with van der Waals surface area (Å²) in [5.74, 6) is 6.06. The Morgan fingerprint density at radius 2 is 1.71 bits per heavy atom. The summed E-state index contributed by atoms with van der Waals surface area (Å²) in [4.78, 5) is 0. The van der Waals surface area contributed by atoms with Crippen LogP contribution in [-0.4, -0.2) is 0 Å². The zero-order chi connectivity index (χ0) is 10.8. The van der Waals surface area contributed by atoms with E-state index in [9.17, 15) is 0 Å². The highest BCUT2D eigenvalue weighted by Crippen LogP contribution is 1.94. The van der Waals surface area contributed by atoms with Crippen molar-refractivity contribution in [3.8, 4) is 11.8 Å². The molecule has 0 bridgehead atoms. The molecule has 0 aliphatic heterocycles. The van der Waals surface area contributed by atoms with Crippen LogP contribution in [0.4, 0.5) is 0 Å². The van der Waals surface area contributed by atoms with E-state index in [1.54, 1.807) is 0 Å². The highest BCUT2D eigenvalue weighted by Gasteiger charge is 1.78. The van der Waals surface area contributed by atoms with Crippen molar-refractivity contribution in [3.05, 3.63) is 48.0 Å². The summed E-state index contributed by atoms with van der Waals surface area (Å²) in [6.45, 7) is 9.55. The molecule has 0 nitrogen and oxygen atoms in total. The normalized spacial score (nSPS) is 7.64. The second kappa shape index (κ2) is 8.13. The number of benzene rings is 1. The summed E-state index contributed by atoms with van der Waals surface area (Å²) >= 11 is 0. The molecule has 0 aromatic heterocycles. The quantitative estimate of drug-likeness (QED) is 0.424. The molecule has 0 spiro atoms. The third-order valence-electron chi connectivity index (χ3n) is 1.18. The lowest BCUT2D eigenvalue weighted by Gasteiger charge is -1.84. The Bertz CT molecular complexity index is 305. The maximum atomic E-state index is 3.56. The predicted molar refractivity (Wildman–Crippen MR) is 64.1 cm³/mol. The highest BCUT2D eigenvalue weighted by atomic mass is 13.8. The van der Waals surface area contributed by atoms with Gasteiger partial charge >= 0.3 is 0 Å². The average Bonchev–Trinajstić information content (AvgIpc) is 2.15. The number of allylic oxidation sites excluding steroid dienone is 1. The van der Waals surface area contributed by atoms with Gasteiger partial charge in [-0.2, -0.15) is 0 Å². The Morgan fingerprint density at radius 3 is 2.14 bits per heavy atom. The third-order valence-corrected chi connectivity index (χ3v) is 1.18. The monoisotopic (exact) mass is 186 g/mol. The van der Waals surface area contributed by atoms with Crippen molar-refractivity contribution >= 4 is 0 Å². The molecule has 0 radical (unpaired) electrons. The van der Waals surface area contributed by atoms with Crippen molar-refractivity contribution in [1.82, 2.24) is 0 Å². The fourth-order valence-electron chi connectivity index (χ4n) is 0.712. The van der Waals surface area contributed by atoms with E-state index < -0.39 is 0 Å². The van der Waals surface area contributed by atoms with Crippen molar-refractivity contribution < 1.29 is 0 Å². The molecule has 0 N–H and O–H groups in total. The molecule has 0 heterocycles. The van der Waals surface area contributed by atoms with Crippen LogP contribution in [-0.2, 0) is 0 Å². The Labute approximate surface area is 87.7 Å². The van der Waals surface area contributed by atoms with E-state index in [-0.39, 0.29) is 0 Å². The van der Waals surface area contributed by atoms with Gasteiger partial charge in [-0.15, -0.1) is 6.58 Å². The van der Waals surface area contributed by atoms with E-state index in [4.69, 9.17) is 0 Å². The lowest BCUT2D eigenvalue weighted by molar-refractivity contribution is 1.28. The summed E-state index contributed by atoms with van der Waals surface area (Å²) in [5.41, 5.74) is 2.27. The van der Waals surface area contributed by atoms with Crippen LogP contribution in [0.5, 0.6) is 0 Å². The van der Waals surface area contributed by atoms with Crippen LogP contribution in [0.1, 0.15) is 32.8 Å². The molecule has 0 saturated carbocycles. The first-order valence-electron chi connectivity index (χ1n) is 4.82. The molecule has 0 atom stereocenters. The first-order valence-corrected chi connectivity index (χ1v) is 4.82. The van der Waals surface area contributed by atoms with E-state index in [0.29, 0.717) is 0 Å². The van der Waals surface area contributed by atoms with Gasteiger partial charge in [0.15, 0.2) is 0 Å². The Morgan fingerprint density at radius 1 is 1.21 bits per heavy atom. The average molecular weight is 186 g/mol. The van der Waals surface area contributed by atoms with Gasteiger partial charge < -0.3 is 0 Å². The zero-order valence-corrected chi connectivity index (χ0v) is 9.30. The number of rotatable bonds is 0. The van der Waals surface area contributed by atoms with Crippen LogP contribution in [0.3, 0.4) is 0 Å². The molecular formula is C14H18. The Balaban J connectivity index is 0.000000364. The molecule has 74 valence electrons. The van der Waals surface area contributed by atoms with Gasteiger partial charge in [0.1, 0.15) is 0 Å². The molecule has 0 fully saturated rings. The van der Waals surface area contributed by atoms with Crippen LogP contribution in [0.25, 0.3) is 0 Å². The van der Waals surface area contributed by atoms with Gasteiger partial charge in [-0.1, -0.05) is 42.5 Å². The summed E-state index contributed by atoms with van der Waals surface area (Å²) in [5, 5.41) is 0. The van der Waals surface area contributed by atoms with Gasteiger partial charge in [0.05, 0.1) is 0 Å². The minimum absolute atomic E-state index is 0.925. The van der Waals surface area contributed by atoms with E-state index in [0.717, 1.165) is 12.0 Å². The molecule has 14 heavy (non-hydrogen) atoms. The van der Waals surface area contributed by atoms with Crippen LogP contribution >= 0.6 is 0 Å². The molecule has 1 aromatic rings. The predicted octanol–water partition coefficient (Wildman–Crippen LogP) is 4.03. The smallest absolute Gasteiger partial charge is 0.0245 e. The first-order chi connectivity index (χ1) is 6.66. The van der Waals surface area contributed by atoms with Crippen molar-refractivity contribution in [2.45, 2.75) is 27.2 Å². The maximum absolute atomic E-state index is 3.56. The number of hydrogen-bond acceptors (Lipinski definition) is 0. The lowest BCUT2D eigenvalue weighted by atomic mass is 10.2. The summed E-state index contributed by atoms with van der Waals surface area (Å²) in [6.07, 6.45) is 0.925. The van der Waals surface area contributed by atoms with Gasteiger partial charge in [0, 0.05) is 12.0 Å². The minimum atomic E-state index is 0.925. The van der Waals surface area contributed by atoms with Crippen molar-refractivity contribution in [2.24, 2.45) is 0 Å². The molecule has 0 heteroatoms. The van der Waals surface area contributed by atoms with E-state index >= 15 is 0 Å². The van der Waals surface area contributed by atoms with Crippen molar-refractivity contribution in [1.29, 1.82) is 0 Å². The molecule has 1 aromatic carbocycles. The molecule has 0 saturated heterocycles. The van der Waals surface area contributed by atoms with Crippen LogP contribution in [0.2, 0.25) is 0 Å². The van der Waals surface area contributed by atoms with Crippen LogP contribution in [0, 0.1) is 11.8 Å². The molecule has 0 amide bonds. The first kappa shape index (κ1) is 12.5. The summed E-state index contributed by atoms with van der Waals surface area (Å²) in [7, 11) is 0. The van der Waals surface area contributed by atoms with Crippen LogP contribution < -0.4 is 0 Å². The molecule has 0 unspecified atom stereocenters. The molecule has 1 rings (SSSR count). The second-order valence-electron chi connectivity index (χ2n) is 3.23. The fourth-order valence-corrected chi connectivity index (χ4v) is 0.712. The largest absolute Gasteiger partial charge is 0.100 e. The standard InChI is InChI=1S/C10H10.C4H8/c1-2-3-7-10-8-5-4-6-9-10;1-4(2)3/h4-6,8-9H,2H2,1H3;1H2,2-3H3. The third kappa shape index (κ3) is 8.62. The summed E-state index contributed by atoms with van der Waals surface area (Å²) in [6, 6.07) is 10.0. The van der Waals surface area contributed by atoms with Gasteiger partial charge in [-0.25, -0.2) is 0 Å². The van der Waals surface area contributed by atoms with Crippen LogP contribution in [0.15, 0.2) is 42.5 Å². The second-order valence-corrected chi connectivity index (χ2v) is 3.23. The zero-order valence-electron chi connectivity index (χ0n) is 9.30. The summed E-state index contributed by atoms with van der Waals surface area (Å²) < 4.78 is 0. The van der Waals surface area contributed by atoms with Crippen molar-refractivity contribution in [3.63, 3.8) is 0 Å². The number of hydrogen-bond donors (Lipinski definition) is 0. The Kier molecular flexibility index (Phi) is 7.27. The molecular weight excluding hydrogens is 168 g/mol. The van der Waals surface area contributed by atoms with Gasteiger partial charge in [0.2, 0.25) is 0 Å².